The molecular formula is C12H16N4O3S. The molecule has 7 nitrogen and oxygen atoms in total. The third-order valence-corrected chi connectivity index (χ3v) is 4.10. The molecule has 0 unspecified atom stereocenters. The van der Waals surface area contributed by atoms with E-state index in [4.69, 9.17) is 10.5 Å². The first-order valence-electron chi connectivity index (χ1n) is 5.80. The molecule has 1 aromatic heterocycles. The summed E-state index contributed by atoms with van der Waals surface area (Å²) >= 11 is 0. The van der Waals surface area contributed by atoms with Crippen molar-refractivity contribution < 1.29 is 13.2 Å². The Labute approximate surface area is 117 Å². The lowest BCUT2D eigenvalue weighted by Crippen LogP contribution is -2.15. The first-order chi connectivity index (χ1) is 9.33. The molecule has 0 radical (unpaired) electrons. The third-order valence-electron chi connectivity index (χ3n) is 2.75. The largest absolute Gasteiger partial charge is 0.495 e. The van der Waals surface area contributed by atoms with Crippen LogP contribution in [-0.4, -0.2) is 25.3 Å². The van der Waals surface area contributed by atoms with Crippen LogP contribution in [0.5, 0.6) is 5.75 Å². The summed E-state index contributed by atoms with van der Waals surface area (Å²) in [5, 5.41) is 4.08. The van der Waals surface area contributed by atoms with Gasteiger partial charge in [-0.15, -0.1) is 0 Å². The Kier molecular flexibility index (Phi) is 3.58. The van der Waals surface area contributed by atoms with E-state index in [9.17, 15) is 8.42 Å². The van der Waals surface area contributed by atoms with Gasteiger partial charge in [-0.2, -0.15) is 5.10 Å². The van der Waals surface area contributed by atoms with E-state index in [0.717, 1.165) is 5.69 Å². The van der Waals surface area contributed by atoms with Crippen LogP contribution < -0.4 is 15.2 Å². The van der Waals surface area contributed by atoms with Gasteiger partial charge in [0.15, 0.2) is 0 Å². The fourth-order valence-electron chi connectivity index (χ4n) is 1.78. The van der Waals surface area contributed by atoms with Crippen molar-refractivity contribution in [2.75, 3.05) is 17.6 Å². The molecule has 20 heavy (non-hydrogen) atoms. The van der Waals surface area contributed by atoms with Crippen LogP contribution >= 0.6 is 0 Å². The normalized spacial score (nSPS) is 11.3. The SMILES string of the molecule is COc1ccc(S(=O)(=O)Nc2cc(C)nn2C)cc1N. The summed E-state index contributed by atoms with van der Waals surface area (Å²) in [7, 11) is -0.588. The highest BCUT2D eigenvalue weighted by molar-refractivity contribution is 7.92. The lowest BCUT2D eigenvalue weighted by Gasteiger charge is -2.10. The lowest BCUT2D eigenvalue weighted by atomic mass is 10.3. The van der Waals surface area contributed by atoms with Gasteiger partial charge in [0, 0.05) is 13.1 Å². The zero-order valence-corrected chi connectivity index (χ0v) is 12.2. The van der Waals surface area contributed by atoms with E-state index in [1.54, 1.807) is 20.0 Å². The highest BCUT2D eigenvalue weighted by Gasteiger charge is 2.17. The Balaban J connectivity index is 2.35. The fraction of sp³-hybridized carbons (Fsp3) is 0.250. The number of ether oxygens (including phenoxy) is 1. The summed E-state index contributed by atoms with van der Waals surface area (Å²) in [6, 6.07) is 5.94. The van der Waals surface area contributed by atoms with Crippen molar-refractivity contribution in [1.82, 2.24) is 9.78 Å². The van der Waals surface area contributed by atoms with Crippen LogP contribution in [0.2, 0.25) is 0 Å². The van der Waals surface area contributed by atoms with Crippen molar-refractivity contribution in [3.05, 3.63) is 30.0 Å². The highest BCUT2D eigenvalue weighted by Crippen LogP contribution is 2.25. The van der Waals surface area contributed by atoms with Crippen LogP contribution in [0.3, 0.4) is 0 Å². The predicted molar refractivity (Wildman–Crippen MR) is 76.2 cm³/mol. The van der Waals surface area contributed by atoms with Crippen LogP contribution in [0.4, 0.5) is 11.5 Å². The summed E-state index contributed by atoms with van der Waals surface area (Å²) in [5.41, 5.74) is 6.70. The molecule has 0 amide bonds. The average molecular weight is 296 g/mol. The van der Waals surface area contributed by atoms with E-state index in [-0.39, 0.29) is 10.6 Å². The second-order valence-electron chi connectivity index (χ2n) is 4.30. The molecule has 0 aliphatic rings. The van der Waals surface area contributed by atoms with Gasteiger partial charge in [-0.25, -0.2) is 8.42 Å². The third kappa shape index (κ3) is 2.69. The summed E-state index contributed by atoms with van der Waals surface area (Å²) in [6.07, 6.45) is 0. The minimum absolute atomic E-state index is 0.0645. The van der Waals surface area contributed by atoms with Gasteiger partial charge >= 0.3 is 0 Å². The van der Waals surface area contributed by atoms with Crippen molar-refractivity contribution in [3.63, 3.8) is 0 Å². The van der Waals surface area contributed by atoms with Gasteiger partial charge in [0.05, 0.1) is 23.4 Å². The lowest BCUT2D eigenvalue weighted by molar-refractivity contribution is 0.416. The van der Waals surface area contributed by atoms with E-state index in [1.807, 2.05) is 0 Å². The maximum absolute atomic E-state index is 12.3. The van der Waals surface area contributed by atoms with Crippen LogP contribution in [-0.2, 0) is 17.1 Å². The van der Waals surface area contributed by atoms with E-state index in [0.29, 0.717) is 11.6 Å². The highest BCUT2D eigenvalue weighted by atomic mass is 32.2. The predicted octanol–water partition coefficient (Wildman–Crippen LogP) is 1.12. The number of nitrogens with one attached hydrogen (secondary N) is 1. The van der Waals surface area contributed by atoms with Crippen LogP contribution in [0.1, 0.15) is 5.69 Å². The summed E-state index contributed by atoms with van der Waals surface area (Å²) < 4.78 is 33.5. The molecule has 1 aromatic carbocycles. The number of hydrogen-bond acceptors (Lipinski definition) is 5. The Bertz CT molecular complexity index is 737. The number of benzene rings is 1. The summed E-state index contributed by atoms with van der Waals surface area (Å²) in [5.74, 6) is 0.817. The summed E-state index contributed by atoms with van der Waals surface area (Å²) in [4.78, 5) is 0.0645. The number of aromatic nitrogens is 2. The zero-order chi connectivity index (χ0) is 14.9. The Morgan fingerprint density at radius 3 is 2.55 bits per heavy atom. The maximum Gasteiger partial charge on any atom is 0.263 e. The zero-order valence-electron chi connectivity index (χ0n) is 11.4. The molecule has 0 saturated heterocycles. The van der Waals surface area contributed by atoms with E-state index in [1.165, 1.54) is 30.0 Å². The molecule has 1 heterocycles. The average Bonchev–Trinajstić information content (AvgIpc) is 2.67. The monoisotopic (exact) mass is 296 g/mol. The van der Waals surface area contributed by atoms with E-state index in [2.05, 4.69) is 9.82 Å². The molecule has 0 atom stereocenters. The molecule has 2 aromatic rings. The Hall–Kier alpha value is -2.22. The van der Waals surface area contributed by atoms with Crippen LogP contribution in [0.25, 0.3) is 0 Å². The quantitative estimate of drug-likeness (QED) is 0.824. The molecule has 8 heteroatoms. The van der Waals surface area contributed by atoms with Gasteiger partial charge in [-0.1, -0.05) is 0 Å². The van der Waals surface area contributed by atoms with Gasteiger partial charge in [-0.3, -0.25) is 9.40 Å². The van der Waals surface area contributed by atoms with E-state index >= 15 is 0 Å². The van der Waals surface area contributed by atoms with Crippen LogP contribution in [0, 0.1) is 6.92 Å². The Morgan fingerprint density at radius 1 is 1.35 bits per heavy atom. The minimum Gasteiger partial charge on any atom is -0.495 e. The number of nitrogens with zero attached hydrogens (tertiary/aromatic N) is 2. The summed E-state index contributed by atoms with van der Waals surface area (Å²) in [6.45, 7) is 1.78. The molecule has 3 N–H and O–H groups in total. The first kappa shape index (κ1) is 14.2. The number of nitrogen functional groups attached to an aromatic ring is 1. The molecule has 0 spiro atoms. The molecule has 0 aliphatic heterocycles. The first-order valence-corrected chi connectivity index (χ1v) is 7.29. The van der Waals surface area contributed by atoms with Crippen molar-refractivity contribution in [3.8, 4) is 5.75 Å². The van der Waals surface area contributed by atoms with Crippen molar-refractivity contribution in [2.24, 2.45) is 7.05 Å². The van der Waals surface area contributed by atoms with Crippen LogP contribution in [0.15, 0.2) is 29.2 Å². The molecule has 2 rings (SSSR count). The molecule has 0 saturated carbocycles. The minimum atomic E-state index is -3.72. The van der Waals surface area contributed by atoms with Gasteiger partial charge in [0.25, 0.3) is 10.0 Å². The van der Waals surface area contributed by atoms with Gasteiger partial charge < -0.3 is 10.5 Å². The molecule has 0 bridgehead atoms. The number of hydrogen-bond donors (Lipinski definition) is 2. The smallest absolute Gasteiger partial charge is 0.263 e. The number of methoxy groups -OCH3 is 1. The van der Waals surface area contributed by atoms with Gasteiger partial charge in [0.2, 0.25) is 0 Å². The number of rotatable bonds is 4. The maximum atomic E-state index is 12.3. The number of nitrogens with two attached hydrogens (primary N) is 1. The standard InChI is InChI=1S/C12H16N4O3S/c1-8-6-12(16(2)14-8)15-20(17,18)9-4-5-11(19-3)10(13)7-9/h4-7,15H,13H2,1-3H3. The molecule has 0 fully saturated rings. The number of anilines is 2. The second kappa shape index (κ2) is 5.04. The number of aryl methyl sites for hydroxylation is 2. The second-order valence-corrected chi connectivity index (χ2v) is 5.99. The van der Waals surface area contributed by atoms with Crippen molar-refractivity contribution in [2.45, 2.75) is 11.8 Å². The van der Waals surface area contributed by atoms with Gasteiger partial charge in [-0.05, 0) is 25.1 Å². The van der Waals surface area contributed by atoms with Gasteiger partial charge in [0.1, 0.15) is 11.6 Å². The van der Waals surface area contributed by atoms with Crippen molar-refractivity contribution >= 4 is 21.5 Å². The number of sulfonamides is 1. The van der Waals surface area contributed by atoms with Crippen molar-refractivity contribution in [1.29, 1.82) is 0 Å². The molecule has 0 aliphatic carbocycles. The van der Waals surface area contributed by atoms with E-state index < -0.39 is 10.0 Å². The topological polar surface area (TPSA) is 99.2 Å². The molecule has 108 valence electrons. The Morgan fingerprint density at radius 2 is 2.05 bits per heavy atom. The fourth-order valence-corrected chi connectivity index (χ4v) is 2.90. The molecular weight excluding hydrogens is 280 g/mol.